The van der Waals surface area contributed by atoms with Gasteiger partial charge in [0.2, 0.25) is 5.91 Å². The van der Waals surface area contributed by atoms with Gasteiger partial charge in [-0.05, 0) is 25.1 Å². The van der Waals surface area contributed by atoms with Crippen LogP contribution >= 0.6 is 23.1 Å². The summed E-state index contributed by atoms with van der Waals surface area (Å²) < 4.78 is 7.24. The van der Waals surface area contributed by atoms with E-state index in [-0.39, 0.29) is 11.2 Å². The molecular formula is C14H17N3O2S2. The summed E-state index contributed by atoms with van der Waals surface area (Å²) in [5.41, 5.74) is 7.45. The zero-order chi connectivity index (χ0) is 14.8. The number of ether oxygens (including phenoxy) is 1. The van der Waals surface area contributed by atoms with Crippen LogP contribution in [0.25, 0.3) is 10.2 Å². The summed E-state index contributed by atoms with van der Waals surface area (Å²) in [4.78, 5) is 18.8. The van der Waals surface area contributed by atoms with Crippen LogP contribution in [0, 0.1) is 0 Å². The predicted molar refractivity (Wildman–Crippen MR) is 86.8 cm³/mol. The number of thioether (sulfide) groups is 1. The van der Waals surface area contributed by atoms with Crippen LogP contribution in [0.5, 0.6) is 0 Å². The van der Waals surface area contributed by atoms with Crippen molar-refractivity contribution in [2.75, 3.05) is 32.0 Å². The maximum atomic E-state index is 12.4. The average molecular weight is 323 g/mol. The van der Waals surface area contributed by atoms with Crippen molar-refractivity contribution in [2.45, 2.75) is 16.5 Å². The van der Waals surface area contributed by atoms with Crippen molar-refractivity contribution in [3.63, 3.8) is 0 Å². The van der Waals surface area contributed by atoms with E-state index in [1.807, 2.05) is 30.0 Å². The molecule has 21 heavy (non-hydrogen) atoms. The van der Waals surface area contributed by atoms with Gasteiger partial charge in [-0.3, -0.25) is 4.79 Å². The summed E-state index contributed by atoms with van der Waals surface area (Å²) in [5.74, 6) is 0.155. The Hall–Kier alpha value is -1.31. The topological polar surface area (TPSA) is 68.5 Å². The van der Waals surface area contributed by atoms with Gasteiger partial charge in [0.15, 0.2) is 4.34 Å². The first-order chi connectivity index (χ1) is 10.1. The number of nitrogens with two attached hydrogens (primary N) is 1. The number of nitrogen functional groups attached to an aromatic ring is 1. The SMILES string of the molecule is CC(Sc1nc2ccc(N)cc2s1)C(=O)N1CCOCC1. The first kappa shape index (κ1) is 14.6. The molecule has 5 nitrogen and oxygen atoms in total. The van der Waals surface area contributed by atoms with Crippen molar-refractivity contribution in [2.24, 2.45) is 0 Å². The van der Waals surface area contributed by atoms with Crippen LogP contribution < -0.4 is 5.73 Å². The first-order valence-corrected chi connectivity index (χ1v) is 8.52. The minimum Gasteiger partial charge on any atom is -0.399 e. The van der Waals surface area contributed by atoms with Gasteiger partial charge < -0.3 is 15.4 Å². The van der Waals surface area contributed by atoms with Crippen LogP contribution in [0.1, 0.15) is 6.92 Å². The highest BCUT2D eigenvalue weighted by Gasteiger charge is 2.24. The molecule has 2 N–H and O–H groups in total. The van der Waals surface area contributed by atoms with E-state index >= 15 is 0 Å². The van der Waals surface area contributed by atoms with Gasteiger partial charge in [-0.25, -0.2) is 4.98 Å². The van der Waals surface area contributed by atoms with E-state index in [4.69, 9.17) is 10.5 Å². The number of benzene rings is 1. The maximum Gasteiger partial charge on any atom is 0.236 e. The monoisotopic (exact) mass is 323 g/mol. The van der Waals surface area contributed by atoms with E-state index in [9.17, 15) is 4.79 Å². The molecule has 1 aromatic carbocycles. The van der Waals surface area contributed by atoms with Gasteiger partial charge >= 0.3 is 0 Å². The lowest BCUT2D eigenvalue weighted by Gasteiger charge is -2.28. The Labute approximate surface area is 131 Å². The number of hydrogen-bond acceptors (Lipinski definition) is 6. The van der Waals surface area contributed by atoms with Crippen LogP contribution in [0.3, 0.4) is 0 Å². The van der Waals surface area contributed by atoms with Crippen LogP contribution in [0.2, 0.25) is 0 Å². The third-order valence-corrected chi connectivity index (χ3v) is 5.54. The second-order valence-corrected chi connectivity index (χ2v) is 7.52. The van der Waals surface area contributed by atoms with Crippen molar-refractivity contribution in [3.05, 3.63) is 18.2 Å². The lowest BCUT2D eigenvalue weighted by atomic mass is 10.3. The Balaban J connectivity index is 1.70. The van der Waals surface area contributed by atoms with Gasteiger partial charge in [-0.1, -0.05) is 11.8 Å². The van der Waals surface area contributed by atoms with Gasteiger partial charge in [-0.15, -0.1) is 11.3 Å². The summed E-state index contributed by atoms with van der Waals surface area (Å²) >= 11 is 3.09. The van der Waals surface area contributed by atoms with Crippen molar-refractivity contribution < 1.29 is 9.53 Å². The van der Waals surface area contributed by atoms with Gasteiger partial charge in [0.05, 0.1) is 28.7 Å². The van der Waals surface area contributed by atoms with Gasteiger partial charge in [0.1, 0.15) is 0 Å². The number of rotatable bonds is 3. The highest BCUT2D eigenvalue weighted by molar-refractivity contribution is 8.02. The summed E-state index contributed by atoms with van der Waals surface area (Å²) in [7, 11) is 0. The molecule has 1 aliphatic heterocycles. The number of anilines is 1. The van der Waals surface area contributed by atoms with Crippen molar-refractivity contribution in [1.82, 2.24) is 9.88 Å². The van der Waals surface area contributed by atoms with Crippen LogP contribution in [-0.4, -0.2) is 47.3 Å². The Morgan fingerprint density at radius 1 is 1.48 bits per heavy atom. The third kappa shape index (κ3) is 3.30. The molecule has 0 radical (unpaired) electrons. The number of nitrogens with zero attached hydrogens (tertiary/aromatic N) is 2. The fourth-order valence-corrected chi connectivity index (χ4v) is 4.56. The minimum absolute atomic E-state index is 0.138. The Morgan fingerprint density at radius 3 is 3.00 bits per heavy atom. The minimum atomic E-state index is -0.138. The number of hydrogen-bond donors (Lipinski definition) is 1. The molecular weight excluding hydrogens is 306 g/mol. The zero-order valence-electron chi connectivity index (χ0n) is 11.7. The molecule has 1 aromatic heterocycles. The second-order valence-electron chi connectivity index (χ2n) is 4.90. The maximum absolute atomic E-state index is 12.4. The second kappa shape index (κ2) is 6.21. The Morgan fingerprint density at radius 2 is 2.24 bits per heavy atom. The number of aromatic nitrogens is 1. The molecule has 7 heteroatoms. The van der Waals surface area contributed by atoms with Crippen molar-refractivity contribution >= 4 is 44.9 Å². The van der Waals surface area contributed by atoms with E-state index in [0.717, 1.165) is 20.2 Å². The van der Waals surface area contributed by atoms with Gasteiger partial charge in [0.25, 0.3) is 0 Å². The molecule has 0 bridgehead atoms. The van der Waals surface area contributed by atoms with Crippen molar-refractivity contribution in [1.29, 1.82) is 0 Å². The highest BCUT2D eigenvalue weighted by Crippen LogP contribution is 2.33. The first-order valence-electron chi connectivity index (χ1n) is 6.83. The molecule has 2 heterocycles. The summed E-state index contributed by atoms with van der Waals surface area (Å²) in [6.45, 7) is 4.55. The summed E-state index contributed by atoms with van der Waals surface area (Å²) in [5, 5.41) is -0.138. The van der Waals surface area contributed by atoms with Crippen LogP contribution in [-0.2, 0) is 9.53 Å². The van der Waals surface area contributed by atoms with E-state index < -0.39 is 0 Å². The van der Waals surface area contributed by atoms with Gasteiger partial charge in [0, 0.05) is 18.8 Å². The Kier molecular flexibility index (Phi) is 4.32. The standard InChI is InChI=1S/C14H17N3O2S2/c1-9(13(18)17-4-6-19-7-5-17)20-14-16-11-3-2-10(15)8-12(11)21-14/h2-3,8-9H,4-7,15H2,1H3. The van der Waals surface area contributed by atoms with Crippen molar-refractivity contribution in [3.8, 4) is 0 Å². The zero-order valence-corrected chi connectivity index (χ0v) is 13.4. The molecule has 112 valence electrons. The molecule has 1 aliphatic rings. The highest BCUT2D eigenvalue weighted by atomic mass is 32.2. The predicted octanol–water partition coefficient (Wildman–Crippen LogP) is 2.22. The number of thiazole rings is 1. The molecule has 0 aliphatic carbocycles. The van der Waals surface area contributed by atoms with Crippen LogP contribution in [0.4, 0.5) is 5.69 Å². The molecule has 1 unspecified atom stereocenters. The molecule has 1 saturated heterocycles. The quantitative estimate of drug-likeness (QED) is 0.693. The number of amides is 1. The van der Waals surface area contributed by atoms with Crippen LogP contribution in [0.15, 0.2) is 22.5 Å². The fourth-order valence-electron chi connectivity index (χ4n) is 2.21. The van der Waals surface area contributed by atoms with E-state index in [2.05, 4.69) is 4.98 Å². The third-order valence-electron chi connectivity index (χ3n) is 3.34. The van der Waals surface area contributed by atoms with E-state index in [0.29, 0.717) is 26.3 Å². The smallest absolute Gasteiger partial charge is 0.236 e. The number of fused-ring (bicyclic) bond motifs is 1. The fraction of sp³-hybridized carbons (Fsp3) is 0.429. The lowest BCUT2D eigenvalue weighted by Crippen LogP contribution is -2.44. The van der Waals surface area contributed by atoms with E-state index in [1.165, 1.54) is 11.8 Å². The number of carbonyl (C=O) groups is 1. The number of morpholine rings is 1. The number of carbonyl (C=O) groups excluding carboxylic acids is 1. The molecule has 0 saturated carbocycles. The molecule has 1 amide bonds. The largest absolute Gasteiger partial charge is 0.399 e. The molecule has 0 spiro atoms. The lowest BCUT2D eigenvalue weighted by molar-refractivity contribution is -0.134. The van der Waals surface area contributed by atoms with Gasteiger partial charge in [-0.2, -0.15) is 0 Å². The van der Waals surface area contributed by atoms with E-state index in [1.54, 1.807) is 11.3 Å². The average Bonchev–Trinajstić information content (AvgIpc) is 2.88. The normalized spacial score (nSPS) is 17.1. The molecule has 1 atom stereocenters. The Bertz CT molecular complexity index is 653. The molecule has 3 rings (SSSR count). The molecule has 1 fully saturated rings. The summed E-state index contributed by atoms with van der Waals surface area (Å²) in [6.07, 6.45) is 0. The molecule has 2 aromatic rings. The summed E-state index contributed by atoms with van der Waals surface area (Å²) in [6, 6.07) is 5.68.